The first-order valence-electron chi connectivity index (χ1n) is 12.5. The number of anilines is 1. The molecular formula is C25H27F3N6O2. The number of morpholine rings is 1. The van der Waals surface area contributed by atoms with Crippen LogP contribution in [0, 0.1) is 19.3 Å². The fourth-order valence-corrected chi connectivity index (χ4v) is 6.33. The highest BCUT2D eigenvalue weighted by Crippen LogP contribution is 2.78. The standard InChI is InChI=1S/C25H27F3N6O2/c1-14-15(2)30-21-18(23-11-24(12-23,13-23)25(26,27)28)7-20(31-34(21)22(14)35)32-5-6-36-19(10-32)16-8-29-33(9-16)17-3-4-17/h7-9,17,19H,3-6,10-13H2,1-2H3/t19-,23?,24?/m1/s1. The fraction of sp³-hybridized carbons (Fsp3) is 0.600. The van der Waals surface area contributed by atoms with Crippen molar-refractivity contribution in [2.24, 2.45) is 5.41 Å². The third-order valence-corrected chi connectivity index (χ3v) is 8.75. The zero-order valence-corrected chi connectivity index (χ0v) is 20.2. The first-order chi connectivity index (χ1) is 17.1. The molecule has 0 spiro atoms. The molecule has 3 aromatic heterocycles. The summed E-state index contributed by atoms with van der Waals surface area (Å²) < 4.78 is 50.2. The second-order valence-electron chi connectivity index (χ2n) is 11.2. The quantitative estimate of drug-likeness (QED) is 0.543. The molecule has 8 rings (SSSR count). The Balaban J connectivity index is 1.27. The Hall–Kier alpha value is -2.95. The van der Waals surface area contributed by atoms with Crippen molar-refractivity contribution in [2.75, 3.05) is 24.6 Å². The van der Waals surface area contributed by atoms with E-state index in [4.69, 9.17) is 4.74 Å². The molecule has 0 N–H and O–H groups in total. The maximum Gasteiger partial charge on any atom is 0.394 e. The molecule has 3 aromatic rings. The lowest BCUT2D eigenvalue weighted by molar-refractivity contribution is -0.336. The highest BCUT2D eigenvalue weighted by Gasteiger charge is 2.79. The SMILES string of the molecule is Cc1nc2c(C34CC(C(F)(F)F)(C3)C4)cc(N3CCO[C@@H](c4cnn(C5CC5)c4)C3)nn2c(=O)c1C. The molecule has 4 aliphatic carbocycles. The largest absolute Gasteiger partial charge is 0.394 e. The molecule has 1 atom stereocenters. The molecule has 5 aliphatic rings. The summed E-state index contributed by atoms with van der Waals surface area (Å²) in [5.41, 5.74) is 0.626. The van der Waals surface area contributed by atoms with E-state index in [2.05, 4.69) is 20.1 Å². The Morgan fingerprint density at radius 2 is 1.92 bits per heavy atom. The molecule has 11 heteroatoms. The van der Waals surface area contributed by atoms with E-state index < -0.39 is 17.0 Å². The number of rotatable bonds is 4. The smallest absolute Gasteiger partial charge is 0.370 e. The third-order valence-electron chi connectivity index (χ3n) is 8.75. The Morgan fingerprint density at radius 3 is 2.61 bits per heavy atom. The van der Waals surface area contributed by atoms with E-state index in [-0.39, 0.29) is 30.9 Å². The van der Waals surface area contributed by atoms with Crippen LogP contribution in [0.1, 0.15) is 66.6 Å². The van der Waals surface area contributed by atoms with Gasteiger partial charge in [-0.15, -0.1) is 5.10 Å². The van der Waals surface area contributed by atoms with Gasteiger partial charge >= 0.3 is 6.18 Å². The maximum atomic E-state index is 13.6. The number of fused-ring (bicyclic) bond motifs is 1. The van der Waals surface area contributed by atoms with Crippen LogP contribution < -0.4 is 10.5 Å². The van der Waals surface area contributed by atoms with Gasteiger partial charge in [0.2, 0.25) is 0 Å². The van der Waals surface area contributed by atoms with Crippen molar-refractivity contribution < 1.29 is 17.9 Å². The highest BCUT2D eigenvalue weighted by molar-refractivity contribution is 5.61. The molecule has 5 fully saturated rings. The van der Waals surface area contributed by atoms with Gasteiger partial charge in [0.1, 0.15) is 11.9 Å². The van der Waals surface area contributed by atoms with E-state index in [1.807, 2.05) is 23.1 Å². The van der Waals surface area contributed by atoms with Gasteiger partial charge in [-0.25, -0.2) is 4.98 Å². The van der Waals surface area contributed by atoms with Crippen molar-refractivity contribution in [3.05, 3.63) is 51.2 Å². The average Bonchev–Trinajstić information content (AvgIpc) is 3.51. The van der Waals surface area contributed by atoms with Crippen LogP contribution in [0.4, 0.5) is 19.0 Å². The number of nitrogens with zero attached hydrogens (tertiary/aromatic N) is 6. The van der Waals surface area contributed by atoms with Gasteiger partial charge in [0, 0.05) is 40.5 Å². The molecule has 1 aliphatic heterocycles. The van der Waals surface area contributed by atoms with Crippen molar-refractivity contribution in [1.82, 2.24) is 24.4 Å². The normalized spacial score (nSPS) is 29.8. The Kier molecular flexibility index (Phi) is 4.38. The van der Waals surface area contributed by atoms with Gasteiger partial charge in [-0.05, 0) is 52.0 Å². The zero-order chi connectivity index (χ0) is 25.0. The summed E-state index contributed by atoms with van der Waals surface area (Å²) in [7, 11) is 0. The minimum atomic E-state index is -4.21. The minimum absolute atomic E-state index is 0.0392. The number of aromatic nitrogens is 5. The van der Waals surface area contributed by atoms with Crippen LogP contribution >= 0.6 is 0 Å². The van der Waals surface area contributed by atoms with E-state index in [0.717, 1.165) is 18.4 Å². The first-order valence-corrected chi connectivity index (χ1v) is 12.5. The van der Waals surface area contributed by atoms with E-state index in [1.165, 1.54) is 4.52 Å². The third kappa shape index (κ3) is 3.04. The number of hydrogen-bond donors (Lipinski definition) is 0. The van der Waals surface area contributed by atoms with E-state index >= 15 is 0 Å². The highest BCUT2D eigenvalue weighted by atomic mass is 19.4. The Bertz CT molecular complexity index is 1440. The molecule has 0 aromatic carbocycles. The number of alkyl halides is 3. The number of ether oxygens (including phenoxy) is 1. The van der Waals surface area contributed by atoms with Crippen molar-refractivity contribution >= 4 is 11.5 Å². The lowest BCUT2D eigenvalue weighted by Crippen LogP contribution is -2.70. The summed E-state index contributed by atoms with van der Waals surface area (Å²) >= 11 is 0. The monoisotopic (exact) mass is 500 g/mol. The number of aryl methyl sites for hydroxylation is 1. The van der Waals surface area contributed by atoms with Gasteiger partial charge in [-0.3, -0.25) is 9.48 Å². The molecule has 4 heterocycles. The van der Waals surface area contributed by atoms with Gasteiger partial charge in [-0.2, -0.15) is 22.8 Å². The fourth-order valence-electron chi connectivity index (χ4n) is 6.33. The van der Waals surface area contributed by atoms with E-state index in [0.29, 0.717) is 54.0 Å². The summed E-state index contributed by atoms with van der Waals surface area (Å²) in [6.07, 6.45) is 1.86. The van der Waals surface area contributed by atoms with Crippen molar-refractivity contribution in [3.8, 4) is 0 Å². The van der Waals surface area contributed by atoms with Crippen LogP contribution in [-0.2, 0) is 10.2 Å². The summed E-state index contributed by atoms with van der Waals surface area (Å²) in [6, 6.07) is 2.34. The first kappa shape index (κ1) is 22.3. The van der Waals surface area contributed by atoms with Gasteiger partial charge in [-0.1, -0.05) is 0 Å². The zero-order valence-electron chi connectivity index (χ0n) is 20.2. The molecule has 8 nitrogen and oxygen atoms in total. The van der Waals surface area contributed by atoms with Gasteiger partial charge < -0.3 is 9.64 Å². The van der Waals surface area contributed by atoms with E-state index in [9.17, 15) is 18.0 Å². The van der Waals surface area contributed by atoms with Crippen LogP contribution in [0.5, 0.6) is 0 Å². The van der Waals surface area contributed by atoms with Crippen LogP contribution in [0.2, 0.25) is 0 Å². The van der Waals surface area contributed by atoms with Gasteiger partial charge in [0.25, 0.3) is 5.56 Å². The summed E-state index contributed by atoms with van der Waals surface area (Å²) in [5.74, 6) is 0.568. The van der Waals surface area contributed by atoms with Crippen LogP contribution in [0.25, 0.3) is 5.65 Å². The van der Waals surface area contributed by atoms with Crippen LogP contribution in [0.15, 0.2) is 23.3 Å². The van der Waals surface area contributed by atoms with Crippen molar-refractivity contribution in [1.29, 1.82) is 0 Å². The molecular weight excluding hydrogens is 473 g/mol. The lowest BCUT2D eigenvalue weighted by atomic mass is 9.33. The predicted octanol–water partition coefficient (Wildman–Crippen LogP) is 3.80. The van der Waals surface area contributed by atoms with Crippen LogP contribution in [-0.4, -0.2) is 50.3 Å². The number of halogens is 3. The Morgan fingerprint density at radius 1 is 1.17 bits per heavy atom. The molecule has 190 valence electrons. The molecule has 0 unspecified atom stereocenters. The summed E-state index contributed by atoms with van der Waals surface area (Å²) in [6.45, 7) is 5.00. The Labute approximate surface area is 205 Å². The predicted molar refractivity (Wildman–Crippen MR) is 124 cm³/mol. The second-order valence-corrected chi connectivity index (χ2v) is 11.2. The van der Waals surface area contributed by atoms with Gasteiger partial charge in [0.05, 0.1) is 30.8 Å². The second kappa shape index (κ2) is 7.08. The lowest BCUT2D eigenvalue weighted by Gasteiger charge is -2.70. The van der Waals surface area contributed by atoms with E-state index in [1.54, 1.807) is 13.8 Å². The topological polar surface area (TPSA) is 77.6 Å². The molecule has 4 saturated carbocycles. The number of hydrogen-bond acceptors (Lipinski definition) is 6. The maximum absolute atomic E-state index is 13.6. The average molecular weight is 501 g/mol. The summed E-state index contributed by atoms with van der Waals surface area (Å²) in [4.78, 5) is 19.9. The molecule has 0 amide bonds. The molecule has 2 bridgehead atoms. The van der Waals surface area contributed by atoms with Gasteiger partial charge in [0.15, 0.2) is 5.65 Å². The minimum Gasteiger partial charge on any atom is -0.370 e. The summed E-state index contributed by atoms with van der Waals surface area (Å²) in [5, 5.41) is 9.13. The molecule has 1 saturated heterocycles. The van der Waals surface area contributed by atoms with Crippen molar-refractivity contribution in [3.63, 3.8) is 0 Å². The van der Waals surface area contributed by atoms with Crippen LogP contribution in [0.3, 0.4) is 0 Å². The molecule has 36 heavy (non-hydrogen) atoms. The molecule has 0 radical (unpaired) electrons. The van der Waals surface area contributed by atoms with Crippen molar-refractivity contribution in [2.45, 2.75) is 69.7 Å².